The van der Waals surface area contributed by atoms with Gasteiger partial charge in [0.2, 0.25) is 11.0 Å². The molecular weight excluding hydrogens is 535 g/mol. The number of benzene rings is 2. The largest absolute Gasteiger partial charge is 0.573 e. The fourth-order valence-corrected chi connectivity index (χ4v) is 4.36. The number of hydrogen-bond donors (Lipinski definition) is 2. The van der Waals surface area contributed by atoms with Gasteiger partial charge in [-0.15, -0.1) is 23.4 Å². The first-order valence-corrected chi connectivity index (χ1v) is 12.0. The van der Waals surface area contributed by atoms with Crippen LogP contribution >= 0.6 is 11.3 Å². The van der Waals surface area contributed by atoms with Gasteiger partial charge in [0.1, 0.15) is 0 Å². The van der Waals surface area contributed by atoms with E-state index < -0.39 is 35.6 Å². The zero-order valence-electron chi connectivity index (χ0n) is 19.8. The molecule has 4 rings (SSSR count). The van der Waals surface area contributed by atoms with Crippen molar-refractivity contribution in [2.75, 3.05) is 50.4 Å². The van der Waals surface area contributed by atoms with Gasteiger partial charge < -0.3 is 15.0 Å². The smallest absolute Gasteiger partial charge is 0.404 e. The summed E-state index contributed by atoms with van der Waals surface area (Å²) in [6.07, 6.45) is -5.03. The van der Waals surface area contributed by atoms with Gasteiger partial charge in [0, 0.05) is 31.7 Å². The molecule has 0 unspecified atom stereocenters. The average Bonchev–Trinajstić information content (AvgIpc) is 3.30. The molecule has 2 amide bonds. The van der Waals surface area contributed by atoms with E-state index in [0.29, 0.717) is 13.1 Å². The highest BCUT2D eigenvalue weighted by molar-refractivity contribution is 7.18. The lowest BCUT2D eigenvalue weighted by molar-refractivity contribution is -0.274. The minimum Gasteiger partial charge on any atom is -0.404 e. The van der Waals surface area contributed by atoms with Gasteiger partial charge in [-0.1, -0.05) is 17.4 Å². The predicted molar refractivity (Wildman–Crippen MR) is 129 cm³/mol. The number of halogens is 5. The number of alkyl halides is 3. The van der Waals surface area contributed by atoms with Gasteiger partial charge >= 0.3 is 6.36 Å². The summed E-state index contributed by atoms with van der Waals surface area (Å²) in [5.41, 5.74) is -0.626. The van der Waals surface area contributed by atoms with Gasteiger partial charge in [0.25, 0.3) is 5.91 Å². The normalized spacial score (nSPS) is 14.8. The molecule has 3 aromatic rings. The van der Waals surface area contributed by atoms with Crippen LogP contribution in [0, 0.1) is 11.6 Å². The summed E-state index contributed by atoms with van der Waals surface area (Å²) in [5, 5.41) is 12.2. The van der Waals surface area contributed by atoms with Gasteiger partial charge in [-0.3, -0.25) is 19.8 Å². The van der Waals surface area contributed by atoms with Gasteiger partial charge in [-0.2, -0.15) is 0 Å². The highest BCUT2D eigenvalue weighted by Crippen LogP contribution is 2.33. The molecule has 2 heterocycles. The SMILES string of the molecule is CN1CCN(CC(=O)Nc2cc(C(=O)Nc3nnc(-c4cccc(F)c4F)s3)ccc2OC(F)(F)F)CC1. The number of carbonyl (C=O) groups is 2. The van der Waals surface area contributed by atoms with Crippen LogP contribution in [0.5, 0.6) is 5.75 Å². The fourth-order valence-electron chi connectivity index (χ4n) is 3.60. The molecule has 1 aliphatic rings. The van der Waals surface area contributed by atoms with E-state index in [1.165, 1.54) is 12.1 Å². The lowest BCUT2D eigenvalue weighted by Crippen LogP contribution is -2.47. The fraction of sp³-hybridized carbons (Fsp3) is 0.304. The van der Waals surface area contributed by atoms with Crippen molar-refractivity contribution in [3.63, 3.8) is 0 Å². The molecule has 0 aliphatic carbocycles. The highest BCUT2D eigenvalue weighted by Gasteiger charge is 2.33. The summed E-state index contributed by atoms with van der Waals surface area (Å²) in [7, 11) is 1.94. The van der Waals surface area contributed by atoms with Crippen LogP contribution < -0.4 is 15.4 Å². The number of nitrogens with one attached hydrogen (secondary N) is 2. The van der Waals surface area contributed by atoms with Crippen LogP contribution in [0.25, 0.3) is 10.6 Å². The van der Waals surface area contributed by atoms with Gasteiger partial charge in [0.15, 0.2) is 22.4 Å². The number of likely N-dealkylation sites (N-methyl/N-ethyl adjacent to an activating group) is 1. The standard InChI is InChI=1S/C23H21F5N6O3S/c1-33-7-9-34(10-8-33)12-18(35)29-16-11-13(5-6-17(16)37-23(26,27)28)20(36)30-22-32-31-21(38-22)14-3-2-4-15(24)19(14)25/h2-6,11H,7-10,12H2,1H3,(H,29,35)(H,30,32,36). The maximum Gasteiger partial charge on any atom is 0.573 e. The third-order valence-electron chi connectivity index (χ3n) is 5.53. The summed E-state index contributed by atoms with van der Waals surface area (Å²) >= 11 is 0.764. The molecule has 1 aliphatic heterocycles. The maximum atomic E-state index is 14.0. The van der Waals surface area contributed by atoms with Crippen molar-refractivity contribution in [3.05, 3.63) is 53.6 Å². The molecule has 0 bridgehead atoms. The van der Waals surface area contributed by atoms with Crippen LogP contribution in [0.4, 0.5) is 32.8 Å². The molecule has 9 nitrogen and oxygen atoms in total. The third-order valence-corrected chi connectivity index (χ3v) is 6.40. The lowest BCUT2D eigenvalue weighted by atomic mass is 10.1. The maximum absolute atomic E-state index is 14.0. The Hall–Kier alpha value is -3.69. The Balaban J connectivity index is 1.50. The number of amides is 2. The van der Waals surface area contributed by atoms with E-state index in [2.05, 4.69) is 30.5 Å². The quantitative estimate of drug-likeness (QED) is 0.427. The second-order valence-corrected chi connectivity index (χ2v) is 9.33. The molecule has 0 spiro atoms. The molecule has 202 valence electrons. The topological polar surface area (TPSA) is 99.7 Å². The van der Waals surface area contributed by atoms with E-state index in [1.54, 1.807) is 0 Å². The second-order valence-electron chi connectivity index (χ2n) is 8.35. The second kappa shape index (κ2) is 11.4. The Morgan fingerprint density at radius 2 is 1.79 bits per heavy atom. The van der Waals surface area contributed by atoms with Gasteiger partial charge in [-0.05, 0) is 37.4 Å². The Labute approximate surface area is 217 Å². The van der Waals surface area contributed by atoms with Gasteiger partial charge in [-0.25, -0.2) is 8.78 Å². The zero-order valence-corrected chi connectivity index (χ0v) is 20.6. The van der Waals surface area contributed by atoms with E-state index in [9.17, 15) is 31.5 Å². The van der Waals surface area contributed by atoms with E-state index in [0.717, 1.165) is 48.7 Å². The molecule has 1 saturated heterocycles. The molecule has 1 fully saturated rings. The van der Waals surface area contributed by atoms with Crippen molar-refractivity contribution in [2.24, 2.45) is 0 Å². The highest BCUT2D eigenvalue weighted by atomic mass is 32.1. The van der Waals surface area contributed by atoms with Crippen molar-refractivity contribution < 1.29 is 36.3 Å². The Kier molecular flexibility index (Phi) is 8.18. The number of rotatable bonds is 7. The number of nitrogens with zero attached hydrogens (tertiary/aromatic N) is 4. The summed E-state index contributed by atoms with van der Waals surface area (Å²) < 4.78 is 70.3. The van der Waals surface area contributed by atoms with E-state index in [-0.39, 0.29) is 33.5 Å². The molecule has 2 N–H and O–H groups in total. The van der Waals surface area contributed by atoms with Crippen LogP contribution in [0.3, 0.4) is 0 Å². The Morgan fingerprint density at radius 1 is 1.05 bits per heavy atom. The van der Waals surface area contributed by atoms with E-state index in [1.807, 2.05) is 11.9 Å². The third kappa shape index (κ3) is 6.99. The van der Waals surface area contributed by atoms with Crippen LogP contribution in [-0.2, 0) is 4.79 Å². The van der Waals surface area contributed by atoms with Crippen LogP contribution in [0.1, 0.15) is 10.4 Å². The number of ether oxygens (including phenoxy) is 1. The summed E-state index contributed by atoms with van der Waals surface area (Å²) in [6.45, 7) is 2.65. The molecule has 0 radical (unpaired) electrons. The number of anilines is 2. The summed E-state index contributed by atoms with van der Waals surface area (Å²) in [6, 6.07) is 6.53. The van der Waals surface area contributed by atoms with Gasteiger partial charge in [0.05, 0.1) is 17.8 Å². The first-order chi connectivity index (χ1) is 18.0. The average molecular weight is 557 g/mol. The van der Waals surface area contributed by atoms with E-state index >= 15 is 0 Å². The molecule has 1 aromatic heterocycles. The minimum absolute atomic E-state index is 0.00286. The molecule has 0 saturated carbocycles. The number of aromatic nitrogens is 2. The van der Waals surface area contributed by atoms with Crippen molar-refractivity contribution >= 4 is 34.0 Å². The number of piperazine rings is 1. The van der Waals surface area contributed by atoms with Crippen LogP contribution in [0.15, 0.2) is 36.4 Å². The molecule has 15 heteroatoms. The monoisotopic (exact) mass is 556 g/mol. The predicted octanol–water partition coefficient (Wildman–Crippen LogP) is 3.82. The number of hydrogen-bond acceptors (Lipinski definition) is 8. The van der Waals surface area contributed by atoms with Crippen molar-refractivity contribution in [1.82, 2.24) is 20.0 Å². The molecule has 38 heavy (non-hydrogen) atoms. The first-order valence-electron chi connectivity index (χ1n) is 11.2. The minimum atomic E-state index is -5.03. The van der Waals surface area contributed by atoms with Crippen molar-refractivity contribution in [2.45, 2.75) is 6.36 Å². The van der Waals surface area contributed by atoms with Crippen LogP contribution in [-0.4, -0.2) is 77.9 Å². The zero-order chi connectivity index (χ0) is 27.4. The van der Waals surface area contributed by atoms with Crippen LogP contribution in [0.2, 0.25) is 0 Å². The summed E-state index contributed by atoms with van der Waals surface area (Å²) in [5.74, 6) is -4.27. The molecular formula is C23H21F5N6O3S. The molecule has 2 aromatic carbocycles. The number of carbonyl (C=O) groups excluding carboxylic acids is 2. The van der Waals surface area contributed by atoms with Crippen molar-refractivity contribution in [3.8, 4) is 16.3 Å². The lowest BCUT2D eigenvalue weighted by Gasteiger charge is -2.31. The molecule has 0 atom stereocenters. The van der Waals surface area contributed by atoms with E-state index in [4.69, 9.17) is 0 Å². The van der Waals surface area contributed by atoms with Crippen molar-refractivity contribution in [1.29, 1.82) is 0 Å². The summed E-state index contributed by atoms with van der Waals surface area (Å²) in [4.78, 5) is 29.3. The Morgan fingerprint density at radius 3 is 2.50 bits per heavy atom. The Bertz CT molecular complexity index is 1330. The first kappa shape index (κ1) is 27.3.